The summed E-state index contributed by atoms with van der Waals surface area (Å²) in [6.45, 7) is 0.523. The summed E-state index contributed by atoms with van der Waals surface area (Å²) in [5, 5.41) is 8.80. The van der Waals surface area contributed by atoms with Crippen molar-refractivity contribution in [3.8, 4) is 0 Å². The maximum absolute atomic E-state index is 11.9. The van der Waals surface area contributed by atoms with Crippen molar-refractivity contribution in [1.82, 2.24) is 9.78 Å². The highest BCUT2D eigenvalue weighted by Crippen LogP contribution is 2.05. The van der Waals surface area contributed by atoms with E-state index in [2.05, 4.69) is 15.1 Å². The molecule has 1 aromatic heterocycles. The van der Waals surface area contributed by atoms with Gasteiger partial charge in [-0.15, -0.1) is 0 Å². The molecule has 1 aromatic carbocycles. The summed E-state index contributed by atoms with van der Waals surface area (Å²) in [5.74, 6) is 0. The summed E-state index contributed by atoms with van der Waals surface area (Å²) in [7, 11) is 0. The van der Waals surface area contributed by atoms with E-state index in [4.69, 9.17) is 5.53 Å². The number of fused-ring (bicyclic) bond motifs is 1. The second-order valence-corrected chi connectivity index (χ2v) is 3.21. The first kappa shape index (κ1) is 10.2. The second kappa shape index (κ2) is 4.46. The predicted molar refractivity (Wildman–Crippen MR) is 60.0 cm³/mol. The molecule has 2 rings (SSSR count). The highest BCUT2D eigenvalue weighted by atomic mass is 16.1. The van der Waals surface area contributed by atoms with Crippen molar-refractivity contribution in [2.24, 2.45) is 5.11 Å². The van der Waals surface area contributed by atoms with Gasteiger partial charge in [0.05, 0.1) is 18.1 Å². The van der Waals surface area contributed by atoms with Crippen molar-refractivity contribution in [1.29, 1.82) is 0 Å². The van der Waals surface area contributed by atoms with Crippen molar-refractivity contribution in [3.63, 3.8) is 0 Å². The summed E-state index contributed by atoms with van der Waals surface area (Å²) >= 11 is 0. The van der Waals surface area contributed by atoms with Gasteiger partial charge in [-0.05, 0) is 11.6 Å². The van der Waals surface area contributed by atoms with E-state index in [-0.39, 0.29) is 12.1 Å². The molecule has 16 heavy (non-hydrogen) atoms. The monoisotopic (exact) mass is 215 g/mol. The molecular weight excluding hydrogens is 206 g/mol. The maximum Gasteiger partial charge on any atom is 0.274 e. The Labute approximate surface area is 90.8 Å². The van der Waals surface area contributed by atoms with Crippen LogP contribution in [0.25, 0.3) is 21.2 Å². The molecule has 0 spiro atoms. The standard InChI is InChI=1S/C10H9N5O/c11-14-12-5-6-15-10(16)9-4-2-1-3-8(9)7-13-15/h1-4,7H,5-6H2. The van der Waals surface area contributed by atoms with Gasteiger partial charge in [0.25, 0.3) is 5.56 Å². The van der Waals surface area contributed by atoms with Gasteiger partial charge in [-0.2, -0.15) is 5.10 Å². The number of rotatable bonds is 3. The van der Waals surface area contributed by atoms with Crippen LogP contribution in [0, 0.1) is 0 Å². The molecular formula is C10H9N5O. The highest BCUT2D eigenvalue weighted by Gasteiger charge is 2.01. The van der Waals surface area contributed by atoms with Gasteiger partial charge in [0.2, 0.25) is 0 Å². The maximum atomic E-state index is 11.9. The largest absolute Gasteiger partial charge is 0.274 e. The van der Waals surface area contributed by atoms with Gasteiger partial charge in [0, 0.05) is 16.8 Å². The van der Waals surface area contributed by atoms with Crippen LogP contribution in [0.5, 0.6) is 0 Å². The van der Waals surface area contributed by atoms with Crippen LogP contribution in [-0.4, -0.2) is 16.3 Å². The fourth-order valence-corrected chi connectivity index (χ4v) is 1.47. The molecule has 0 saturated heterocycles. The fraction of sp³-hybridized carbons (Fsp3) is 0.200. The van der Waals surface area contributed by atoms with E-state index in [1.807, 2.05) is 18.2 Å². The van der Waals surface area contributed by atoms with Crippen molar-refractivity contribution in [3.05, 3.63) is 51.3 Å². The van der Waals surface area contributed by atoms with Crippen LogP contribution in [-0.2, 0) is 6.54 Å². The van der Waals surface area contributed by atoms with Crippen molar-refractivity contribution in [2.45, 2.75) is 6.54 Å². The summed E-state index contributed by atoms with van der Waals surface area (Å²) in [6.07, 6.45) is 1.63. The van der Waals surface area contributed by atoms with Crippen LogP contribution in [0.3, 0.4) is 0 Å². The molecule has 80 valence electrons. The average molecular weight is 215 g/mol. The fourth-order valence-electron chi connectivity index (χ4n) is 1.47. The first-order valence-corrected chi connectivity index (χ1v) is 4.78. The number of aromatic nitrogens is 2. The molecule has 0 aliphatic carbocycles. The Bertz CT molecular complexity index is 612. The molecule has 2 aromatic rings. The smallest absolute Gasteiger partial charge is 0.267 e. The number of nitrogens with zero attached hydrogens (tertiary/aromatic N) is 5. The first-order chi connectivity index (χ1) is 7.83. The molecule has 0 fully saturated rings. The minimum Gasteiger partial charge on any atom is -0.267 e. The molecule has 0 N–H and O–H groups in total. The number of azide groups is 1. The van der Waals surface area contributed by atoms with E-state index in [9.17, 15) is 4.79 Å². The lowest BCUT2D eigenvalue weighted by Crippen LogP contribution is -2.23. The molecule has 6 nitrogen and oxygen atoms in total. The third-order valence-electron chi connectivity index (χ3n) is 2.24. The quantitative estimate of drug-likeness (QED) is 0.443. The Balaban J connectivity index is 2.44. The molecule has 0 aliphatic rings. The van der Waals surface area contributed by atoms with E-state index >= 15 is 0 Å². The minimum atomic E-state index is -0.161. The summed E-state index contributed by atoms with van der Waals surface area (Å²) in [6, 6.07) is 7.25. The van der Waals surface area contributed by atoms with E-state index in [1.54, 1.807) is 12.3 Å². The molecule has 6 heteroatoms. The van der Waals surface area contributed by atoms with Crippen LogP contribution in [0.1, 0.15) is 0 Å². The van der Waals surface area contributed by atoms with Crippen LogP contribution in [0.4, 0.5) is 0 Å². The van der Waals surface area contributed by atoms with Gasteiger partial charge < -0.3 is 0 Å². The molecule has 0 atom stereocenters. The van der Waals surface area contributed by atoms with E-state index in [1.165, 1.54) is 4.68 Å². The van der Waals surface area contributed by atoms with Gasteiger partial charge in [-0.1, -0.05) is 23.3 Å². The summed E-state index contributed by atoms with van der Waals surface area (Å²) in [5.41, 5.74) is 7.97. The minimum absolute atomic E-state index is 0.161. The Kier molecular flexibility index (Phi) is 2.84. The Hall–Kier alpha value is -2.33. The Morgan fingerprint density at radius 2 is 2.25 bits per heavy atom. The van der Waals surface area contributed by atoms with Gasteiger partial charge in [0.1, 0.15) is 0 Å². The van der Waals surface area contributed by atoms with Crippen LogP contribution >= 0.6 is 0 Å². The third kappa shape index (κ3) is 1.87. The van der Waals surface area contributed by atoms with Crippen LogP contribution in [0.2, 0.25) is 0 Å². The van der Waals surface area contributed by atoms with E-state index in [0.717, 1.165) is 5.39 Å². The van der Waals surface area contributed by atoms with E-state index in [0.29, 0.717) is 11.9 Å². The zero-order valence-electron chi connectivity index (χ0n) is 8.45. The molecule has 0 amide bonds. The average Bonchev–Trinajstić information content (AvgIpc) is 2.33. The van der Waals surface area contributed by atoms with E-state index < -0.39 is 0 Å². The van der Waals surface area contributed by atoms with Crippen molar-refractivity contribution < 1.29 is 0 Å². The van der Waals surface area contributed by atoms with Gasteiger partial charge in [0.15, 0.2) is 0 Å². The highest BCUT2D eigenvalue weighted by molar-refractivity contribution is 5.80. The topological polar surface area (TPSA) is 83.7 Å². The normalized spacial score (nSPS) is 10.0. The zero-order chi connectivity index (χ0) is 11.4. The molecule has 1 heterocycles. The number of benzene rings is 1. The first-order valence-electron chi connectivity index (χ1n) is 4.78. The molecule has 0 radical (unpaired) electrons. The van der Waals surface area contributed by atoms with Crippen LogP contribution in [0.15, 0.2) is 40.4 Å². The molecule has 0 aliphatic heterocycles. The van der Waals surface area contributed by atoms with Gasteiger partial charge >= 0.3 is 0 Å². The summed E-state index contributed by atoms with van der Waals surface area (Å²) in [4.78, 5) is 14.5. The molecule has 0 bridgehead atoms. The van der Waals surface area contributed by atoms with Crippen molar-refractivity contribution in [2.75, 3.05) is 6.54 Å². The van der Waals surface area contributed by atoms with Gasteiger partial charge in [-0.3, -0.25) is 4.79 Å². The van der Waals surface area contributed by atoms with Gasteiger partial charge in [-0.25, -0.2) is 4.68 Å². The number of hydrogen-bond acceptors (Lipinski definition) is 3. The molecule has 0 unspecified atom stereocenters. The lowest BCUT2D eigenvalue weighted by atomic mass is 10.2. The number of hydrogen-bond donors (Lipinski definition) is 0. The lowest BCUT2D eigenvalue weighted by Gasteiger charge is -2.03. The Morgan fingerprint density at radius 3 is 3.06 bits per heavy atom. The van der Waals surface area contributed by atoms with Crippen LogP contribution < -0.4 is 5.56 Å². The predicted octanol–water partition coefficient (Wildman–Crippen LogP) is 1.71. The lowest BCUT2D eigenvalue weighted by molar-refractivity contribution is 0.593. The SMILES string of the molecule is [N-]=[N+]=NCCn1ncc2ccccc2c1=O. The molecule has 0 saturated carbocycles. The summed E-state index contributed by atoms with van der Waals surface area (Å²) < 4.78 is 1.30. The zero-order valence-corrected chi connectivity index (χ0v) is 8.45. The Morgan fingerprint density at radius 1 is 1.44 bits per heavy atom. The van der Waals surface area contributed by atoms with Crippen molar-refractivity contribution >= 4 is 10.8 Å². The second-order valence-electron chi connectivity index (χ2n) is 3.21. The third-order valence-corrected chi connectivity index (χ3v) is 2.24.